The second-order valence-electron chi connectivity index (χ2n) is 6.63. The second kappa shape index (κ2) is 7.81. The first-order valence-electron chi connectivity index (χ1n) is 8.06. The number of hydrogen-bond acceptors (Lipinski definition) is 2. The van der Waals surface area contributed by atoms with Crippen LogP contribution in [0.15, 0.2) is 48.0 Å². The molecule has 2 aromatic rings. The Balaban J connectivity index is 2.04. The number of guanidine groups is 1. The molecule has 0 aliphatic heterocycles. The first-order chi connectivity index (χ1) is 11.0. The van der Waals surface area contributed by atoms with Crippen molar-refractivity contribution in [2.75, 3.05) is 6.54 Å². The fraction of sp³-hybridized carbons (Fsp3) is 0.444. The maximum atomic E-state index is 4.68. The van der Waals surface area contributed by atoms with Crippen molar-refractivity contribution < 1.29 is 0 Å². The number of hydrogen-bond donors (Lipinski definition) is 2. The van der Waals surface area contributed by atoms with Crippen LogP contribution in [0, 0.1) is 0 Å². The Morgan fingerprint density at radius 2 is 2.04 bits per heavy atom. The van der Waals surface area contributed by atoms with E-state index in [0.717, 1.165) is 19.0 Å². The zero-order valence-corrected chi connectivity index (χ0v) is 14.5. The lowest BCUT2D eigenvalue weighted by atomic mass is 10.1. The molecule has 0 aliphatic rings. The van der Waals surface area contributed by atoms with Crippen LogP contribution in [-0.2, 0) is 13.1 Å². The summed E-state index contributed by atoms with van der Waals surface area (Å²) in [5.74, 6) is 0.847. The van der Waals surface area contributed by atoms with E-state index in [2.05, 4.69) is 77.1 Å². The van der Waals surface area contributed by atoms with Crippen molar-refractivity contribution in [3.8, 4) is 0 Å². The van der Waals surface area contributed by atoms with Crippen LogP contribution in [0.4, 0.5) is 0 Å². The van der Waals surface area contributed by atoms with Crippen molar-refractivity contribution in [1.29, 1.82) is 0 Å². The van der Waals surface area contributed by atoms with Crippen molar-refractivity contribution in [1.82, 2.24) is 20.2 Å². The molecule has 0 radical (unpaired) electrons. The van der Waals surface area contributed by atoms with Gasteiger partial charge in [0.2, 0.25) is 0 Å². The van der Waals surface area contributed by atoms with Gasteiger partial charge >= 0.3 is 0 Å². The number of imidazole rings is 1. The smallest absolute Gasteiger partial charge is 0.191 e. The Bertz CT molecular complexity index is 623. The summed E-state index contributed by atoms with van der Waals surface area (Å²) < 4.78 is 2.06. The molecule has 23 heavy (non-hydrogen) atoms. The van der Waals surface area contributed by atoms with Gasteiger partial charge in [0, 0.05) is 31.0 Å². The quantitative estimate of drug-likeness (QED) is 0.659. The zero-order valence-electron chi connectivity index (χ0n) is 14.5. The van der Waals surface area contributed by atoms with Crippen LogP contribution in [0.1, 0.15) is 38.8 Å². The van der Waals surface area contributed by atoms with Crippen LogP contribution in [0.25, 0.3) is 0 Å². The molecule has 1 aromatic carbocycles. The summed E-state index contributed by atoms with van der Waals surface area (Å²) in [5, 5.41) is 6.69. The first-order valence-corrected chi connectivity index (χ1v) is 8.06. The number of aromatic nitrogens is 2. The van der Waals surface area contributed by atoms with Gasteiger partial charge in [-0.15, -0.1) is 0 Å². The van der Waals surface area contributed by atoms with Crippen molar-refractivity contribution >= 4 is 5.96 Å². The highest BCUT2D eigenvalue weighted by Gasteiger charge is 2.11. The summed E-state index contributed by atoms with van der Waals surface area (Å²) in [5.41, 5.74) is 2.45. The predicted molar refractivity (Wildman–Crippen MR) is 95.5 cm³/mol. The number of benzene rings is 1. The van der Waals surface area contributed by atoms with Gasteiger partial charge in [-0.05, 0) is 38.8 Å². The highest BCUT2D eigenvalue weighted by molar-refractivity contribution is 5.80. The molecule has 0 saturated heterocycles. The van der Waals surface area contributed by atoms with E-state index in [9.17, 15) is 0 Å². The van der Waals surface area contributed by atoms with E-state index in [1.165, 1.54) is 11.1 Å². The van der Waals surface area contributed by atoms with Crippen LogP contribution in [-0.4, -0.2) is 27.6 Å². The molecule has 0 spiro atoms. The molecular weight excluding hydrogens is 286 g/mol. The molecule has 124 valence electrons. The van der Waals surface area contributed by atoms with Crippen LogP contribution >= 0.6 is 0 Å². The van der Waals surface area contributed by atoms with Gasteiger partial charge in [-0.1, -0.05) is 24.3 Å². The molecule has 1 aromatic heterocycles. The number of nitrogens with one attached hydrogen (secondary N) is 2. The molecule has 0 fully saturated rings. The van der Waals surface area contributed by atoms with Crippen molar-refractivity contribution in [2.45, 2.75) is 46.3 Å². The SMILES string of the molecule is CCNC(=NCc1cccc(Cn2ccnc2)c1)NC(C)(C)C. The van der Waals surface area contributed by atoms with E-state index in [1.807, 2.05) is 12.5 Å². The fourth-order valence-electron chi connectivity index (χ4n) is 2.25. The average Bonchev–Trinajstić information content (AvgIpc) is 2.97. The van der Waals surface area contributed by atoms with E-state index >= 15 is 0 Å². The van der Waals surface area contributed by atoms with Gasteiger partial charge in [0.1, 0.15) is 0 Å². The number of nitrogens with zero attached hydrogens (tertiary/aromatic N) is 3. The molecule has 0 aliphatic carbocycles. The lowest BCUT2D eigenvalue weighted by Gasteiger charge is -2.23. The number of rotatable bonds is 5. The lowest BCUT2D eigenvalue weighted by Crippen LogP contribution is -2.47. The van der Waals surface area contributed by atoms with E-state index in [-0.39, 0.29) is 5.54 Å². The van der Waals surface area contributed by atoms with Crippen LogP contribution in [0.3, 0.4) is 0 Å². The number of aliphatic imine (C=N–C) groups is 1. The summed E-state index contributed by atoms with van der Waals surface area (Å²) in [7, 11) is 0. The maximum absolute atomic E-state index is 4.68. The molecular formula is C18H27N5. The van der Waals surface area contributed by atoms with E-state index in [1.54, 1.807) is 6.20 Å². The van der Waals surface area contributed by atoms with Gasteiger partial charge in [0.25, 0.3) is 0 Å². The summed E-state index contributed by atoms with van der Waals surface area (Å²) >= 11 is 0. The Morgan fingerprint density at radius 3 is 2.70 bits per heavy atom. The van der Waals surface area contributed by atoms with Crippen molar-refractivity contribution in [3.05, 3.63) is 54.1 Å². The monoisotopic (exact) mass is 313 g/mol. The van der Waals surface area contributed by atoms with Crippen LogP contribution in [0.2, 0.25) is 0 Å². The summed E-state index contributed by atoms with van der Waals surface area (Å²) in [6, 6.07) is 8.53. The Labute approximate surface area is 138 Å². The molecule has 1 heterocycles. The molecule has 0 unspecified atom stereocenters. The lowest BCUT2D eigenvalue weighted by molar-refractivity contribution is 0.501. The van der Waals surface area contributed by atoms with Gasteiger partial charge in [-0.2, -0.15) is 0 Å². The van der Waals surface area contributed by atoms with Crippen molar-refractivity contribution in [2.24, 2.45) is 4.99 Å². The standard InChI is InChI=1S/C18H27N5/c1-5-20-17(22-18(2,3)4)21-12-15-7-6-8-16(11-15)13-23-10-9-19-14-23/h6-11,14H,5,12-13H2,1-4H3,(H2,20,21,22). The third kappa shape index (κ3) is 6.14. The minimum absolute atomic E-state index is 0.00965. The largest absolute Gasteiger partial charge is 0.357 e. The van der Waals surface area contributed by atoms with Crippen LogP contribution in [0.5, 0.6) is 0 Å². The van der Waals surface area contributed by atoms with Crippen molar-refractivity contribution in [3.63, 3.8) is 0 Å². The average molecular weight is 313 g/mol. The zero-order chi connectivity index (χ0) is 16.7. The fourth-order valence-corrected chi connectivity index (χ4v) is 2.25. The normalized spacial score (nSPS) is 12.3. The molecule has 0 amide bonds. The van der Waals surface area contributed by atoms with Gasteiger partial charge in [-0.25, -0.2) is 9.98 Å². The van der Waals surface area contributed by atoms with Gasteiger partial charge in [-0.3, -0.25) is 0 Å². The highest BCUT2D eigenvalue weighted by Crippen LogP contribution is 2.09. The first kappa shape index (κ1) is 17.1. The topological polar surface area (TPSA) is 54.2 Å². The molecule has 2 N–H and O–H groups in total. The summed E-state index contributed by atoms with van der Waals surface area (Å²) in [6.07, 6.45) is 5.61. The third-order valence-corrected chi connectivity index (χ3v) is 3.17. The predicted octanol–water partition coefficient (Wildman–Crippen LogP) is 2.79. The van der Waals surface area contributed by atoms with Gasteiger partial charge in [0.15, 0.2) is 5.96 Å². The second-order valence-corrected chi connectivity index (χ2v) is 6.63. The Morgan fingerprint density at radius 1 is 1.26 bits per heavy atom. The van der Waals surface area contributed by atoms with Gasteiger partial charge < -0.3 is 15.2 Å². The minimum atomic E-state index is -0.00965. The molecule has 0 bridgehead atoms. The molecule has 2 rings (SSSR count). The van der Waals surface area contributed by atoms with E-state index in [0.29, 0.717) is 6.54 Å². The molecule has 0 saturated carbocycles. The Kier molecular flexibility index (Phi) is 5.79. The summed E-state index contributed by atoms with van der Waals surface area (Å²) in [6.45, 7) is 10.8. The minimum Gasteiger partial charge on any atom is -0.357 e. The molecule has 0 atom stereocenters. The maximum Gasteiger partial charge on any atom is 0.191 e. The highest BCUT2D eigenvalue weighted by atomic mass is 15.2. The summed E-state index contributed by atoms with van der Waals surface area (Å²) in [4.78, 5) is 8.76. The Hall–Kier alpha value is -2.30. The van der Waals surface area contributed by atoms with Crippen LogP contribution < -0.4 is 10.6 Å². The van der Waals surface area contributed by atoms with Gasteiger partial charge in [0.05, 0.1) is 12.9 Å². The third-order valence-electron chi connectivity index (χ3n) is 3.17. The molecule has 5 heteroatoms. The molecule has 5 nitrogen and oxygen atoms in total. The van der Waals surface area contributed by atoms with E-state index < -0.39 is 0 Å². The van der Waals surface area contributed by atoms with E-state index in [4.69, 9.17) is 0 Å².